The molecule has 1 unspecified atom stereocenters. The molecule has 1 N–H and O–H groups in total. The second kappa shape index (κ2) is 6.16. The molecule has 3 aromatic rings. The number of H-pyrrole nitrogens is 1. The monoisotopic (exact) mass is 360 g/mol. The van der Waals surface area contributed by atoms with E-state index in [-0.39, 0.29) is 0 Å². The number of nitrogens with one attached hydrogen (secondary N) is 1. The molecular formula is C17H17BrN2S. The molecule has 2 nitrogen and oxygen atoms in total. The van der Waals surface area contributed by atoms with Crippen LogP contribution in [0.5, 0.6) is 0 Å². The fraction of sp³-hybridized carbons (Fsp3) is 0.235. The molecule has 0 saturated carbocycles. The van der Waals surface area contributed by atoms with Crippen molar-refractivity contribution in [1.82, 2.24) is 9.55 Å². The van der Waals surface area contributed by atoms with Crippen molar-refractivity contribution >= 4 is 39.2 Å². The predicted molar refractivity (Wildman–Crippen MR) is 94.3 cm³/mol. The summed E-state index contributed by atoms with van der Waals surface area (Å²) in [5.74, 6) is 0.519. The number of halogens is 1. The minimum atomic E-state index is 0.519. The zero-order valence-corrected chi connectivity index (χ0v) is 14.2. The van der Waals surface area contributed by atoms with Gasteiger partial charge in [0.1, 0.15) is 0 Å². The van der Waals surface area contributed by atoms with Crippen molar-refractivity contribution in [2.45, 2.75) is 25.8 Å². The van der Waals surface area contributed by atoms with Crippen LogP contribution in [0.2, 0.25) is 0 Å². The van der Waals surface area contributed by atoms with Crippen LogP contribution in [0, 0.1) is 4.77 Å². The molecule has 4 heteroatoms. The number of hydrogen-bond donors (Lipinski definition) is 1. The van der Waals surface area contributed by atoms with Gasteiger partial charge in [0.2, 0.25) is 0 Å². The number of aryl methyl sites for hydroxylation is 1. The smallest absolute Gasteiger partial charge is 0.178 e. The summed E-state index contributed by atoms with van der Waals surface area (Å²) < 4.78 is 4.06. The second-order valence-electron chi connectivity index (χ2n) is 5.34. The minimum Gasteiger partial charge on any atom is -0.331 e. The van der Waals surface area contributed by atoms with Crippen LogP contribution in [-0.2, 0) is 6.54 Å². The van der Waals surface area contributed by atoms with Crippen molar-refractivity contribution in [3.05, 3.63) is 63.3 Å². The number of benzene rings is 2. The summed E-state index contributed by atoms with van der Waals surface area (Å²) in [7, 11) is 0. The lowest BCUT2D eigenvalue weighted by Gasteiger charge is -2.12. The van der Waals surface area contributed by atoms with Gasteiger partial charge in [-0.1, -0.05) is 53.2 Å². The molecule has 0 aliphatic rings. The summed E-state index contributed by atoms with van der Waals surface area (Å²) in [5, 5.41) is 0. The van der Waals surface area contributed by atoms with E-state index in [2.05, 4.69) is 74.9 Å². The summed E-state index contributed by atoms with van der Waals surface area (Å²) in [6, 6.07) is 16.8. The molecule has 0 amide bonds. The van der Waals surface area contributed by atoms with Crippen LogP contribution >= 0.6 is 28.1 Å². The average molecular weight is 361 g/mol. The Morgan fingerprint density at radius 3 is 2.71 bits per heavy atom. The third-order valence-electron chi connectivity index (χ3n) is 3.89. The maximum absolute atomic E-state index is 5.46. The molecular weight excluding hydrogens is 344 g/mol. The summed E-state index contributed by atoms with van der Waals surface area (Å²) in [5.41, 5.74) is 3.63. The third kappa shape index (κ3) is 3.11. The number of fused-ring (bicyclic) bond motifs is 1. The fourth-order valence-corrected chi connectivity index (χ4v) is 3.27. The molecule has 1 atom stereocenters. The Morgan fingerprint density at radius 1 is 1.19 bits per heavy atom. The first-order chi connectivity index (χ1) is 10.1. The fourth-order valence-electron chi connectivity index (χ4n) is 2.62. The molecule has 1 heterocycles. The van der Waals surface area contributed by atoms with Crippen molar-refractivity contribution < 1.29 is 0 Å². The highest BCUT2D eigenvalue weighted by Gasteiger charge is 2.09. The number of rotatable bonds is 4. The summed E-state index contributed by atoms with van der Waals surface area (Å²) in [6.07, 6.45) is 1.07. The molecule has 0 bridgehead atoms. The number of imidazole rings is 1. The van der Waals surface area contributed by atoms with Crippen molar-refractivity contribution in [1.29, 1.82) is 0 Å². The maximum Gasteiger partial charge on any atom is 0.178 e. The van der Waals surface area contributed by atoms with Gasteiger partial charge >= 0.3 is 0 Å². The van der Waals surface area contributed by atoms with E-state index in [1.165, 1.54) is 5.56 Å². The number of nitrogens with zero attached hydrogens (tertiary/aromatic N) is 1. The lowest BCUT2D eigenvalue weighted by molar-refractivity contribution is 0.581. The Hall–Kier alpha value is -1.39. The largest absolute Gasteiger partial charge is 0.331 e. The first kappa shape index (κ1) is 14.5. The first-order valence-corrected chi connectivity index (χ1v) is 8.28. The minimum absolute atomic E-state index is 0.519. The van der Waals surface area contributed by atoms with Gasteiger partial charge in [-0.25, -0.2) is 0 Å². The second-order valence-corrected chi connectivity index (χ2v) is 6.65. The lowest BCUT2D eigenvalue weighted by Crippen LogP contribution is -2.03. The summed E-state index contributed by atoms with van der Waals surface area (Å²) >= 11 is 8.99. The van der Waals surface area contributed by atoms with Crippen LogP contribution in [-0.4, -0.2) is 9.55 Å². The van der Waals surface area contributed by atoms with Crippen LogP contribution in [0.3, 0.4) is 0 Å². The molecule has 0 saturated heterocycles. The van der Waals surface area contributed by atoms with Crippen LogP contribution in [0.25, 0.3) is 11.0 Å². The van der Waals surface area contributed by atoms with Gasteiger partial charge in [-0.3, -0.25) is 0 Å². The van der Waals surface area contributed by atoms with Crippen LogP contribution in [0.4, 0.5) is 0 Å². The Bertz CT molecular complexity index is 805. The zero-order valence-electron chi connectivity index (χ0n) is 11.8. The Kier molecular flexibility index (Phi) is 4.27. The standard InChI is InChI=1S/C17H17BrN2S/c1-12(13-5-3-2-4-6-13)9-10-20-16-11-14(18)7-8-15(16)19-17(20)21/h2-8,11-12H,9-10H2,1H3,(H,19,21). The van der Waals surface area contributed by atoms with Crippen LogP contribution in [0.1, 0.15) is 24.8 Å². The van der Waals surface area contributed by atoms with Crippen LogP contribution in [0.15, 0.2) is 53.0 Å². The molecule has 0 aliphatic carbocycles. The van der Waals surface area contributed by atoms with Gasteiger partial charge in [-0.2, -0.15) is 0 Å². The number of aromatic amines is 1. The number of hydrogen-bond acceptors (Lipinski definition) is 1. The van der Waals surface area contributed by atoms with Gasteiger partial charge in [0, 0.05) is 11.0 Å². The van der Waals surface area contributed by atoms with E-state index in [1.54, 1.807) is 0 Å². The Balaban J connectivity index is 1.84. The van der Waals surface area contributed by atoms with Crippen molar-refractivity contribution in [2.24, 2.45) is 0 Å². The van der Waals surface area contributed by atoms with Crippen molar-refractivity contribution in [3.63, 3.8) is 0 Å². The summed E-state index contributed by atoms with van der Waals surface area (Å²) in [4.78, 5) is 3.27. The third-order valence-corrected chi connectivity index (χ3v) is 4.71. The summed E-state index contributed by atoms with van der Waals surface area (Å²) in [6.45, 7) is 3.19. The Labute approximate surface area is 137 Å². The molecule has 0 fully saturated rings. The average Bonchev–Trinajstić information content (AvgIpc) is 2.80. The van der Waals surface area contributed by atoms with E-state index in [0.717, 1.165) is 33.2 Å². The highest BCUT2D eigenvalue weighted by molar-refractivity contribution is 9.10. The van der Waals surface area contributed by atoms with Gasteiger partial charge in [0.25, 0.3) is 0 Å². The molecule has 2 aromatic carbocycles. The molecule has 3 rings (SSSR count). The molecule has 0 aliphatic heterocycles. The lowest BCUT2D eigenvalue weighted by atomic mass is 9.98. The van der Waals surface area contributed by atoms with E-state index in [9.17, 15) is 0 Å². The normalized spacial score (nSPS) is 12.7. The highest BCUT2D eigenvalue weighted by Crippen LogP contribution is 2.23. The maximum atomic E-state index is 5.46. The van der Waals surface area contributed by atoms with Gasteiger partial charge in [0.15, 0.2) is 4.77 Å². The van der Waals surface area contributed by atoms with E-state index in [1.807, 2.05) is 6.07 Å². The SMILES string of the molecule is CC(CCn1c(=S)[nH]c2ccc(Br)cc21)c1ccccc1. The van der Waals surface area contributed by atoms with Gasteiger partial charge < -0.3 is 9.55 Å². The van der Waals surface area contributed by atoms with E-state index < -0.39 is 0 Å². The first-order valence-electron chi connectivity index (χ1n) is 7.08. The van der Waals surface area contributed by atoms with Crippen molar-refractivity contribution in [3.8, 4) is 0 Å². The van der Waals surface area contributed by atoms with Crippen molar-refractivity contribution in [2.75, 3.05) is 0 Å². The molecule has 1 aromatic heterocycles. The molecule has 108 valence electrons. The quantitative estimate of drug-likeness (QED) is 0.595. The molecule has 0 spiro atoms. The predicted octanol–water partition coefficient (Wildman–Crippen LogP) is 5.66. The van der Waals surface area contributed by atoms with Gasteiger partial charge in [0.05, 0.1) is 11.0 Å². The van der Waals surface area contributed by atoms with E-state index in [0.29, 0.717) is 5.92 Å². The topological polar surface area (TPSA) is 20.7 Å². The van der Waals surface area contributed by atoms with E-state index in [4.69, 9.17) is 12.2 Å². The van der Waals surface area contributed by atoms with E-state index >= 15 is 0 Å². The molecule has 21 heavy (non-hydrogen) atoms. The molecule has 0 radical (unpaired) electrons. The van der Waals surface area contributed by atoms with Gasteiger partial charge in [-0.15, -0.1) is 0 Å². The van der Waals surface area contributed by atoms with Gasteiger partial charge in [-0.05, 0) is 48.3 Å². The number of aromatic nitrogens is 2. The zero-order chi connectivity index (χ0) is 14.8. The van der Waals surface area contributed by atoms with Crippen LogP contribution < -0.4 is 0 Å². The Morgan fingerprint density at radius 2 is 1.95 bits per heavy atom. The highest BCUT2D eigenvalue weighted by atomic mass is 79.9.